The molecule has 3 aromatic carbocycles. The Kier molecular flexibility index (Phi) is 2.55. The Hall–Kier alpha value is -3.64. The van der Waals surface area contributed by atoms with Crippen LogP contribution >= 0.6 is 0 Å². The van der Waals surface area contributed by atoms with Gasteiger partial charge in [0.1, 0.15) is 7.05 Å². The van der Waals surface area contributed by atoms with E-state index in [-0.39, 0.29) is 0 Å². The normalized spacial score (nSPS) is 12.0. The van der Waals surface area contributed by atoms with E-state index in [2.05, 4.69) is 77.7 Å². The minimum Gasteiger partial charge on any atom is -0.307 e. The van der Waals surface area contributed by atoms with Crippen LogP contribution < -0.4 is 4.57 Å². The Bertz CT molecular complexity index is 1600. The zero-order valence-electron chi connectivity index (χ0n) is 15.1. The second-order valence-corrected chi connectivity index (χ2v) is 7.32. The van der Waals surface area contributed by atoms with Crippen LogP contribution in [-0.4, -0.2) is 4.40 Å². The second-order valence-electron chi connectivity index (χ2n) is 7.32. The molecule has 3 aromatic heterocycles. The van der Waals surface area contributed by atoms with Crippen LogP contribution in [0.25, 0.3) is 49.0 Å². The molecule has 0 radical (unpaired) electrons. The van der Waals surface area contributed by atoms with Gasteiger partial charge in [-0.2, -0.15) is 5.26 Å². The summed E-state index contributed by atoms with van der Waals surface area (Å²) in [5, 5.41) is 15.7. The van der Waals surface area contributed by atoms with E-state index in [1.54, 1.807) is 0 Å². The molecule has 0 aliphatic rings. The molecule has 0 aliphatic heterocycles. The van der Waals surface area contributed by atoms with Gasteiger partial charge in [-0.3, -0.25) is 0 Å². The molecule has 0 spiro atoms. The Balaban J connectivity index is 2.16. The highest BCUT2D eigenvalue weighted by atomic mass is 15.0. The summed E-state index contributed by atoms with van der Waals surface area (Å²) in [6.07, 6.45) is 2.14. The minimum atomic E-state index is 0.730. The molecular weight excluding hydrogens is 330 g/mol. The van der Waals surface area contributed by atoms with Gasteiger partial charge in [0.2, 0.25) is 5.52 Å². The predicted octanol–water partition coefficient (Wildman–Crippen LogP) is 4.99. The molecular formula is C24H16N3+. The maximum Gasteiger partial charge on any atom is 0.224 e. The lowest BCUT2D eigenvalue weighted by Gasteiger charge is -2.12. The summed E-state index contributed by atoms with van der Waals surface area (Å²) in [6, 6.07) is 21.4. The van der Waals surface area contributed by atoms with Crippen molar-refractivity contribution in [1.29, 1.82) is 5.26 Å². The Morgan fingerprint density at radius 3 is 2.48 bits per heavy atom. The number of nitrogens with zero attached hydrogens (tertiary/aromatic N) is 3. The fourth-order valence-electron chi connectivity index (χ4n) is 4.78. The van der Waals surface area contributed by atoms with Crippen molar-refractivity contribution in [3.05, 3.63) is 71.9 Å². The summed E-state index contributed by atoms with van der Waals surface area (Å²) < 4.78 is 4.57. The van der Waals surface area contributed by atoms with Crippen molar-refractivity contribution >= 4 is 49.0 Å². The first-order chi connectivity index (χ1) is 13.2. The largest absolute Gasteiger partial charge is 0.307 e. The molecule has 6 aromatic rings. The summed E-state index contributed by atoms with van der Waals surface area (Å²) in [7, 11) is 2.11. The van der Waals surface area contributed by atoms with E-state index in [9.17, 15) is 5.26 Å². The molecule has 0 bridgehead atoms. The van der Waals surface area contributed by atoms with Crippen molar-refractivity contribution in [2.24, 2.45) is 7.05 Å². The number of hydrogen-bond acceptors (Lipinski definition) is 1. The molecule has 0 unspecified atom stereocenters. The molecule has 0 amide bonds. The van der Waals surface area contributed by atoms with Crippen LogP contribution in [0.5, 0.6) is 0 Å². The standard InChI is InChI=1S/C24H16N3/c1-14-9-10-17-21-16(13-25)6-4-7-18(21)27-19-8-3-5-15-11-12-26(2)24(22(15)19)20(14)23(17)27/h3-12H,1-2H3/q+1. The third-order valence-corrected chi connectivity index (χ3v) is 5.90. The van der Waals surface area contributed by atoms with E-state index < -0.39 is 0 Å². The zero-order valence-corrected chi connectivity index (χ0v) is 15.1. The molecule has 27 heavy (non-hydrogen) atoms. The van der Waals surface area contributed by atoms with Gasteiger partial charge in [-0.05, 0) is 36.1 Å². The van der Waals surface area contributed by atoms with E-state index in [0.717, 1.165) is 21.9 Å². The first kappa shape index (κ1) is 14.5. The van der Waals surface area contributed by atoms with E-state index in [4.69, 9.17) is 0 Å². The zero-order chi connectivity index (χ0) is 18.3. The van der Waals surface area contributed by atoms with Crippen LogP contribution in [0.1, 0.15) is 11.1 Å². The molecule has 3 nitrogen and oxygen atoms in total. The van der Waals surface area contributed by atoms with Crippen LogP contribution in [0.3, 0.4) is 0 Å². The first-order valence-electron chi connectivity index (χ1n) is 9.09. The SMILES string of the molecule is Cc1ccc2c3c(C#N)cccc3n3c4cccc5cc[n+](C)c(c1c23)c54. The fraction of sp³-hybridized carbons (Fsp3) is 0.0833. The molecule has 6 rings (SSSR count). The molecule has 0 aliphatic carbocycles. The molecule has 0 N–H and O–H groups in total. The molecule has 3 heteroatoms. The molecule has 0 atom stereocenters. The predicted molar refractivity (Wildman–Crippen MR) is 109 cm³/mol. The van der Waals surface area contributed by atoms with Crippen molar-refractivity contribution in [3.63, 3.8) is 0 Å². The van der Waals surface area contributed by atoms with Crippen molar-refractivity contribution < 1.29 is 4.57 Å². The highest BCUT2D eigenvalue weighted by Crippen LogP contribution is 2.41. The highest BCUT2D eigenvalue weighted by molar-refractivity contribution is 6.26. The lowest BCUT2D eigenvalue weighted by Crippen LogP contribution is -2.28. The number of nitriles is 1. The minimum absolute atomic E-state index is 0.730. The average Bonchev–Trinajstić information content (AvgIpc) is 3.03. The van der Waals surface area contributed by atoms with Crippen LogP contribution in [-0.2, 0) is 7.05 Å². The smallest absolute Gasteiger partial charge is 0.224 e. The monoisotopic (exact) mass is 346 g/mol. The maximum atomic E-state index is 9.72. The number of aromatic nitrogens is 2. The number of aryl methyl sites for hydroxylation is 2. The Morgan fingerprint density at radius 2 is 1.67 bits per heavy atom. The van der Waals surface area contributed by atoms with Crippen LogP contribution in [0.15, 0.2) is 60.8 Å². The van der Waals surface area contributed by atoms with Crippen LogP contribution in [0.2, 0.25) is 0 Å². The number of fused-ring (bicyclic) bond motifs is 5. The third-order valence-electron chi connectivity index (χ3n) is 5.90. The van der Waals surface area contributed by atoms with Gasteiger partial charge in [0.25, 0.3) is 0 Å². The van der Waals surface area contributed by atoms with Gasteiger partial charge in [0, 0.05) is 16.8 Å². The molecule has 0 saturated carbocycles. The number of hydrogen-bond donors (Lipinski definition) is 0. The summed E-state index contributed by atoms with van der Waals surface area (Å²) in [6.45, 7) is 2.18. The maximum absolute atomic E-state index is 9.72. The van der Waals surface area contributed by atoms with Crippen LogP contribution in [0.4, 0.5) is 0 Å². The van der Waals surface area contributed by atoms with Gasteiger partial charge in [-0.15, -0.1) is 0 Å². The highest BCUT2D eigenvalue weighted by Gasteiger charge is 2.24. The van der Waals surface area contributed by atoms with Crippen molar-refractivity contribution in [1.82, 2.24) is 4.40 Å². The van der Waals surface area contributed by atoms with Gasteiger partial charge in [-0.1, -0.05) is 30.3 Å². The lowest BCUT2D eigenvalue weighted by molar-refractivity contribution is -0.643. The summed E-state index contributed by atoms with van der Waals surface area (Å²) >= 11 is 0. The van der Waals surface area contributed by atoms with E-state index >= 15 is 0 Å². The van der Waals surface area contributed by atoms with Gasteiger partial charge < -0.3 is 4.40 Å². The second kappa shape index (κ2) is 4.75. The average molecular weight is 346 g/mol. The van der Waals surface area contributed by atoms with Gasteiger partial charge in [-0.25, -0.2) is 4.57 Å². The topological polar surface area (TPSA) is 32.1 Å². The molecule has 3 heterocycles. The van der Waals surface area contributed by atoms with Crippen LogP contribution in [0, 0.1) is 18.3 Å². The van der Waals surface area contributed by atoms with Crippen molar-refractivity contribution in [3.8, 4) is 6.07 Å². The number of pyridine rings is 2. The Labute approximate surface area is 155 Å². The van der Waals surface area contributed by atoms with Gasteiger partial charge in [0.15, 0.2) is 6.20 Å². The van der Waals surface area contributed by atoms with Gasteiger partial charge >= 0.3 is 0 Å². The molecule has 126 valence electrons. The summed E-state index contributed by atoms with van der Waals surface area (Å²) in [5.74, 6) is 0. The van der Waals surface area contributed by atoms with E-state index in [0.29, 0.717) is 0 Å². The quantitative estimate of drug-likeness (QED) is 0.216. The van der Waals surface area contributed by atoms with Crippen molar-refractivity contribution in [2.75, 3.05) is 0 Å². The number of benzene rings is 3. The Morgan fingerprint density at radius 1 is 0.889 bits per heavy atom. The summed E-state index contributed by atoms with van der Waals surface area (Å²) in [4.78, 5) is 0. The fourth-order valence-corrected chi connectivity index (χ4v) is 4.78. The lowest BCUT2D eigenvalue weighted by atomic mass is 9.99. The first-order valence-corrected chi connectivity index (χ1v) is 9.09. The van der Waals surface area contributed by atoms with Crippen molar-refractivity contribution in [2.45, 2.75) is 6.92 Å². The van der Waals surface area contributed by atoms with E-state index in [1.807, 2.05) is 12.1 Å². The molecule has 0 fully saturated rings. The summed E-state index contributed by atoms with van der Waals surface area (Å²) in [5.41, 5.74) is 6.72. The van der Waals surface area contributed by atoms with Gasteiger partial charge in [0.05, 0.1) is 39.0 Å². The third kappa shape index (κ3) is 1.59. The molecule has 0 saturated heterocycles. The number of rotatable bonds is 0. The van der Waals surface area contributed by atoms with E-state index in [1.165, 1.54) is 38.3 Å².